The van der Waals surface area contributed by atoms with Gasteiger partial charge in [0.2, 0.25) is 27.1 Å². The van der Waals surface area contributed by atoms with Crippen molar-refractivity contribution in [3.8, 4) is 12.1 Å². The monoisotopic (exact) mass is 2010 g/mol. The number of rotatable bonds is 44. The van der Waals surface area contributed by atoms with E-state index in [0.29, 0.717) is 157 Å². The van der Waals surface area contributed by atoms with Gasteiger partial charge in [0.15, 0.2) is 0 Å². The molecule has 0 fully saturated rings. The normalized spacial score (nSPS) is 10.6. The zero-order chi connectivity index (χ0) is 99.8. The number of aliphatic hydroxyl groups is 3. The van der Waals surface area contributed by atoms with Crippen LogP contribution in [0.5, 0.6) is 0 Å². The second-order valence-corrected chi connectivity index (χ2v) is 30.2. The summed E-state index contributed by atoms with van der Waals surface area (Å²) in [6.07, 6.45) is 18.2. The third-order valence-electron chi connectivity index (χ3n) is 18.8. The van der Waals surface area contributed by atoms with Crippen molar-refractivity contribution in [2.75, 3.05) is 112 Å². The summed E-state index contributed by atoms with van der Waals surface area (Å²) in [6.45, 7) is 24.8. The van der Waals surface area contributed by atoms with Crippen LogP contribution in [-0.2, 0) is 100 Å². The maximum Gasteiger partial charge on any atom is 0.394 e. The van der Waals surface area contributed by atoms with Crippen LogP contribution in [0.2, 0.25) is 0 Å². The van der Waals surface area contributed by atoms with Crippen molar-refractivity contribution in [2.24, 2.45) is 0 Å². The summed E-state index contributed by atoms with van der Waals surface area (Å²) in [4.78, 5) is 128. The molecule has 41 heteroatoms. The SMILES string of the molecule is C=CC#N.C=CCOCCO.CCn1cc(C(=O)O)c(=O)c2cc(/C=C/COCCO)ccc21.CCn1cc(C(=O)O)c(=O)c2cc(CCCOCCO)ccc21.CCn1cc(C(=O)O)c(=O)c2cc(CCCOCCOCCC#N)ccc21.CCn1cc(C(=O)O)c(=O)c2cc(CCCOCCOCCC(=O)O)ccc21.CCn1cc(C(=O)O)c(=O)c2cc(I)ccc21.O.O=S(=O)(O)O. The molecular weight excluding hydrogens is 1900 g/mol. The molecule has 0 bridgehead atoms. The Bertz CT molecular complexity index is 6140. The van der Waals surface area contributed by atoms with Gasteiger partial charge in [-0.2, -0.15) is 18.9 Å². The highest BCUT2D eigenvalue weighted by atomic mass is 127. The van der Waals surface area contributed by atoms with Crippen LogP contribution in [0.3, 0.4) is 0 Å². The summed E-state index contributed by atoms with van der Waals surface area (Å²) in [5, 5.41) is 97.7. The number of allylic oxidation sites excluding steroid dienone is 1. The predicted molar refractivity (Wildman–Crippen MR) is 514 cm³/mol. The first-order valence-corrected chi connectivity index (χ1v) is 44.6. The first-order chi connectivity index (χ1) is 64.0. The highest BCUT2D eigenvalue weighted by molar-refractivity contribution is 14.1. The number of benzene rings is 5. The van der Waals surface area contributed by atoms with Gasteiger partial charge in [-0.3, -0.25) is 37.9 Å². The molecule has 5 aromatic heterocycles. The molecule has 0 saturated carbocycles. The van der Waals surface area contributed by atoms with Crippen molar-refractivity contribution in [2.45, 2.75) is 119 Å². The number of carbonyl (C=O) groups is 6. The molecule has 13 N–H and O–H groups in total. The molecule has 0 aliphatic carbocycles. The number of nitrogens with zero attached hydrogens (tertiary/aromatic N) is 7. The molecule has 0 spiro atoms. The summed E-state index contributed by atoms with van der Waals surface area (Å²) in [7, 11) is -4.67. The quantitative estimate of drug-likeness (QED) is 0.00556. The van der Waals surface area contributed by atoms with E-state index in [1.165, 1.54) is 37.1 Å². The number of aliphatic carboxylic acids is 1. The Hall–Kier alpha value is -12.7. The molecule has 0 unspecified atom stereocenters. The third kappa shape index (κ3) is 41.4. The molecule has 135 heavy (non-hydrogen) atoms. The number of nitriles is 2. The Labute approximate surface area is 790 Å². The number of pyridine rings is 5. The number of fused-ring (bicyclic) bond motifs is 5. The lowest BCUT2D eigenvalue weighted by Crippen LogP contribution is -2.18. The standard InChI is InChI=1S/C20H24N2O5.C20H25NO7.C17H21NO5.C17H19NO5.C12H10INO3.C5H10O2.C3H3N.H2O4S.H2O/c1-2-22-14-17(20(24)25)19(23)16-13-15(6-7-18(16)22)5-3-9-26-11-12-27-10-4-8-21;1-2-21-13-16(20(25)26)19(24)15-12-14(5-6-17(15)21)4-3-8-27-10-11-28-9-7-18(22)23;2*1-2-18-11-14(17(21)22)16(20)13-10-12(5-6-15(13)18)4-3-8-23-9-7-19;1-2-14-6-9(12(16)17)11(15)8-5-7(13)3-4-10(8)14;1-2-4-7-5-3-6;1-2-3-4;1-5(2,3)4;/h6-7,13-14H,2-5,9-12H2,1H3,(H,24,25);5-6,12-13H,2-4,7-11H2,1H3,(H,22,23)(H,25,26);5-6,10-11,19H,2-4,7-9H2,1H3,(H,21,22);3-6,10-11,19H,2,7-9H2,1H3,(H,21,22);3-6H,2H2,1H3,(H,16,17);2,6H,1,3-5H2;2H,1H2;(H2,1,2,3,4);1H2/b;;;4-3+;;;;;. The van der Waals surface area contributed by atoms with Gasteiger partial charge in [-0.1, -0.05) is 49.1 Å². The van der Waals surface area contributed by atoms with E-state index in [4.69, 9.17) is 86.7 Å². The van der Waals surface area contributed by atoms with Crippen molar-refractivity contribution in [1.82, 2.24) is 22.8 Å². The second kappa shape index (κ2) is 65.1. The average Bonchev–Trinajstić information content (AvgIpc) is 0.802. The average molecular weight is 2010 g/mol. The number of aliphatic hydroxyl groups excluding tert-OH is 3. The third-order valence-corrected chi connectivity index (χ3v) is 19.5. The van der Waals surface area contributed by atoms with Gasteiger partial charge in [0.1, 0.15) is 27.8 Å². The van der Waals surface area contributed by atoms with E-state index >= 15 is 0 Å². The Balaban J connectivity index is 0.000000549. The Morgan fingerprint density at radius 2 is 0.689 bits per heavy atom. The van der Waals surface area contributed by atoms with E-state index in [9.17, 15) is 73.2 Å². The van der Waals surface area contributed by atoms with E-state index in [0.717, 1.165) is 80.0 Å². The van der Waals surface area contributed by atoms with Crippen LogP contribution in [0.4, 0.5) is 0 Å². The molecule has 10 aromatic rings. The van der Waals surface area contributed by atoms with Crippen molar-refractivity contribution in [1.29, 1.82) is 10.5 Å². The largest absolute Gasteiger partial charge is 0.481 e. The molecule has 0 aliphatic heterocycles. The van der Waals surface area contributed by atoms with E-state index in [-0.39, 0.29) is 72.7 Å². The molecule has 39 nitrogen and oxygen atoms in total. The fourth-order valence-electron chi connectivity index (χ4n) is 12.6. The maximum absolute atomic E-state index is 12.5. The molecule has 0 aliphatic rings. The van der Waals surface area contributed by atoms with Crippen molar-refractivity contribution >= 4 is 129 Å². The number of aryl methyl sites for hydroxylation is 8. The van der Waals surface area contributed by atoms with Crippen LogP contribution in [0.15, 0.2) is 177 Å². The molecule has 0 radical (unpaired) electrons. The molecule has 5 aromatic carbocycles. The van der Waals surface area contributed by atoms with Crippen LogP contribution in [0.1, 0.15) is 141 Å². The van der Waals surface area contributed by atoms with Crippen LogP contribution < -0.4 is 27.1 Å². The lowest BCUT2D eigenvalue weighted by molar-refractivity contribution is -0.138. The highest BCUT2D eigenvalue weighted by Crippen LogP contribution is 2.22. The number of hydrogen-bond donors (Lipinski definition) is 11. The number of aromatic carboxylic acids is 5. The zero-order valence-corrected chi connectivity index (χ0v) is 78.5. The van der Waals surface area contributed by atoms with Gasteiger partial charge in [0.25, 0.3) is 0 Å². The van der Waals surface area contributed by atoms with Gasteiger partial charge in [-0.05, 0) is 185 Å². The molecule has 0 atom stereocenters. The highest BCUT2D eigenvalue weighted by Gasteiger charge is 2.20. The van der Waals surface area contributed by atoms with Crippen LogP contribution in [0.25, 0.3) is 60.6 Å². The summed E-state index contributed by atoms with van der Waals surface area (Å²) >= 11 is 2.10. The first-order valence-electron chi connectivity index (χ1n) is 42.1. The Morgan fingerprint density at radius 1 is 0.407 bits per heavy atom. The smallest absolute Gasteiger partial charge is 0.394 e. The lowest BCUT2D eigenvalue weighted by Gasteiger charge is -2.11. The maximum atomic E-state index is 12.5. The van der Waals surface area contributed by atoms with Crippen LogP contribution >= 0.6 is 22.6 Å². The number of carboxylic acids is 6. The van der Waals surface area contributed by atoms with E-state index in [2.05, 4.69) is 35.7 Å². The minimum absolute atomic E-state index is 0. The Kier molecular flexibility index (Phi) is 57.1. The van der Waals surface area contributed by atoms with Crippen molar-refractivity contribution in [3.05, 3.63) is 258 Å². The topological polar surface area (TPSA) is 613 Å². The van der Waals surface area contributed by atoms with Gasteiger partial charge < -0.3 is 107 Å². The summed E-state index contributed by atoms with van der Waals surface area (Å²) < 4.78 is 77.7. The summed E-state index contributed by atoms with van der Waals surface area (Å²) in [5.74, 6) is -6.94. The number of carboxylic acid groups (broad SMARTS) is 6. The minimum Gasteiger partial charge on any atom is -0.481 e. The summed E-state index contributed by atoms with van der Waals surface area (Å²) in [6, 6.07) is 31.2. The van der Waals surface area contributed by atoms with Gasteiger partial charge in [0, 0.05) is 120 Å². The fraction of sp³-hybridized carbons (Fsp3) is 0.372. The predicted octanol–water partition coefficient (Wildman–Crippen LogP) is 9.89. The zero-order valence-electron chi connectivity index (χ0n) is 75.5. The molecular formula is C94H116IN7O32S. The van der Waals surface area contributed by atoms with E-state index < -0.39 is 73.4 Å². The number of hydrogen-bond acceptors (Lipinski definition) is 25. The van der Waals surface area contributed by atoms with Crippen LogP contribution in [0, 0.1) is 26.2 Å². The van der Waals surface area contributed by atoms with Crippen molar-refractivity contribution < 1.29 is 131 Å². The van der Waals surface area contributed by atoms with E-state index in [1.54, 1.807) is 83.5 Å². The van der Waals surface area contributed by atoms with Crippen LogP contribution in [-0.4, -0.2) is 240 Å². The molecule has 5 heterocycles. The number of halogens is 1. The van der Waals surface area contributed by atoms with Gasteiger partial charge >= 0.3 is 46.2 Å². The van der Waals surface area contributed by atoms with Gasteiger partial charge in [-0.15, -0.1) is 6.58 Å². The van der Waals surface area contributed by atoms with Gasteiger partial charge in [-0.25, -0.2) is 24.0 Å². The summed E-state index contributed by atoms with van der Waals surface area (Å²) in [5.41, 5.74) is 4.01. The Morgan fingerprint density at radius 3 is 0.985 bits per heavy atom. The van der Waals surface area contributed by atoms with E-state index in [1.807, 2.05) is 95.3 Å². The second-order valence-electron chi connectivity index (χ2n) is 28.0. The lowest BCUT2D eigenvalue weighted by atomic mass is 10.0. The molecule has 0 amide bonds. The number of aromatic nitrogens is 5. The van der Waals surface area contributed by atoms with Crippen molar-refractivity contribution in [3.63, 3.8) is 0 Å². The molecule has 10 rings (SSSR count). The van der Waals surface area contributed by atoms with Gasteiger partial charge in [0.05, 0.1) is 145 Å². The fourth-order valence-corrected chi connectivity index (χ4v) is 13.1. The first kappa shape index (κ1) is 118. The minimum atomic E-state index is -4.67. The molecule has 0 saturated heterocycles. The number of ether oxygens (including phenoxy) is 7. The molecule has 732 valence electrons.